The molecule has 0 saturated carbocycles. The molecule has 2 atom stereocenters. The molecule has 0 aliphatic carbocycles. The molecule has 0 bridgehead atoms. The molecule has 6 nitrogen and oxygen atoms in total. The fraction of sp³-hybridized carbons (Fsp3) is 0.333. The van der Waals surface area contributed by atoms with Gasteiger partial charge in [-0.1, -0.05) is 12.1 Å². The zero-order chi connectivity index (χ0) is 22.4. The number of hydrogen-bond donors (Lipinski definition) is 0. The number of nitrogens with zero attached hydrogens (tertiary/aromatic N) is 5. The van der Waals surface area contributed by atoms with E-state index in [0.29, 0.717) is 25.0 Å². The van der Waals surface area contributed by atoms with E-state index in [0.717, 1.165) is 24.4 Å². The molecule has 1 aromatic carbocycles. The first-order valence-electron chi connectivity index (χ1n) is 10.7. The fourth-order valence-electron chi connectivity index (χ4n) is 4.73. The molecule has 2 saturated heterocycles. The molecule has 1 amide bonds. The monoisotopic (exact) mass is 435 g/mol. The molecular formula is C24H23F2N5O. The predicted molar refractivity (Wildman–Crippen MR) is 116 cm³/mol. The Labute approximate surface area is 184 Å². The molecule has 8 heteroatoms. The summed E-state index contributed by atoms with van der Waals surface area (Å²) in [6, 6.07) is 8.95. The number of pyridine rings is 1. The SMILES string of the molecule is Cc1cc(C)nc(N2CC3CCN(C(=O)c4c(F)cccc4-c4ncccc4F)CC32)n1. The number of aromatic nitrogens is 3. The van der Waals surface area contributed by atoms with Crippen LogP contribution in [-0.2, 0) is 0 Å². The van der Waals surface area contributed by atoms with Crippen LogP contribution in [0.25, 0.3) is 11.3 Å². The highest BCUT2D eigenvalue weighted by molar-refractivity contribution is 6.01. The van der Waals surface area contributed by atoms with Crippen molar-refractivity contribution in [3.05, 3.63) is 71.2 Å². The second-order valence-electron chi connectivity index (χ2n) is 8.47. The van der Waals surface area contributed by atoms with Gasteiger partial charge in [-0.2, -0.15) is 0 Å². The van der Waals surface area contributed by atoms with Crippen LogP contribution in [-0.4, -0.2) is 51.4 Å². The Kier molecular flexibility index (Phi) is 5.07. The summed E-state index contributed by atoms with van der Waals surface area (Å²) in [5, 5.41) is 0. The summed E-state index contributed by atoms with van der Waals surface area (Å²) in [5.74, 6) is -0.613. The van der Waals surface area contributed by atoms with E-state index in [1.807, 2.05) is 19.9 Å². The maximum atomic E-state index is 14.9. The lowest BCUT2D eigenvalue weighted by molar-refractivity contribution is 0.0585. The number of fused-ring (bicyclic) bond motifs is 1. The lowest BCUT2D eigenvalue weighted by Crippen LogP contribution is -2.65. The van der Waals surface area contributed by atoms with Crippen LogP contribution >= 0.6 is 0 Å². The summed E-state index contributed by atoms with van der Waals surface area (Å²) in [6.07, 6.45) is 2.25. The normalized spacial score (nSPS) is 20.0. The Balaban J connectivity index is 1.43. The Bertz CT molecular complexity index is 1180. The number of hydrogen-bond acceptors (Lipinski definition) is 5. The number of piperidine rings is 1. The Hall–Kier alpha value is -3.42. The van der Waals surface area contributed by atoms with Crippen LogP contribution in [0.15, 0.2) is 42.6 Å². The average molecular weight is 435 g/mol. The highest BCUT2D eigenvalue weighted by Gasteiger charge is 2.45. The van der Waals surface area contributed by atoms with Crippen molar-refractivity contribution in [2.24, 2.45) is 5.92 Å². The van der Waals surface area contributed by atoms with Crippen LogP contribution in [0.1, 0.15) is 28.2 Å². The van der Waals surface area contributed by atoms with Gasteiger partial charge in [0.2, 0.25) is 5.95 Å². The van der Waals surface area contributed by atoms with Gasteiger partial charge < -0.3 is 9.80 Å². The second-order valence-corrected chi connectivity index (χ2v) is 8.47. The fourth-order valence-corrected chi connectivity index (χ4v) is 4.73. The first-order valence-corrected chi connectivity index (χ1v) is 10.7. The molecule has 2 aliphatic heterocycles. The molecular weight excluding hydrogens is 412 g/mol. The highest BCUT2D eigenvalue weighted by Crippen LogP contribution is 2.36. The molecule has 4 heterocycles. The largest absolute Gasteiger partial charge is 0.336 e. The average Bonchev–Trinajstić information content (AvgIpc) is 2.74. The molecule has 2 unspecified atom stereocenters. The van der Waals surface area contributed by atoms with Crippen molar-refractivity contribution in [2.45, 2.75) is 26.3 Å². The molecule has 2 fully saturated rings. The molecule has 0 N–H and O–H groups in total. The van der Waals surface area contributed by atoms with Crippen molar-refractivity contribution in [1.82, 2.24) is 19.9 Å². The summed E-state index contributed by atoms with van der Waals surface area (Å²) in [4.78, 5) is 30.4. The number of halogens is 2. The predicted octanol–water partition coefficient (Wildman–Crippen LogP) is 3.78. The molecule has 2 aromatic heterocycles. The van der Waals surface area contributed by atoms with Crippen LogP contribution in [0.5, 0.6) is 0 Å². The van der Waals surface area contributed by atoms with Gasteiger partial charge in [0.1, 0.15) is 17.3 Å². The quantitative estimate of drug-likeness (QED) is 0.627. The van der Waals surface area contributed by atoms with Crippen molar-refractivity contribution in [2.75, 3.05) is 24.5 Å². The minimum Gasteiger partial charge on any atom is -0.336 e. The maximum absolute atomic E-state index is 14.9. The number of carbonyl (C=O) groups is 1. The van der Waals surface area contributed by atoms with Gasteiger partial charge in [0.15, 0.2) is 0 Å². The standard InChI is InChI=1S/C24H23F2N5O/c1-14-11-15(2)29-24(28-14)31-12-16-8-10-30(13-20(16)31)23(32)21-17(5-3-6-18(21)25)22-19(26)7-4-9-27-22/h3-7,9,11,16,20H,8,10,12-13H2,1-2H3. The molecule has 0 radical (unpaired) electrons. The molecule has 32 heavy (non-hydrogen) atoms. The molecule has 0 spiro atoms. The van der Waals surface area contributed by atoms with Crippen molar-refractivity contribution >= 4 is 11.9 Å². The summed E-state index contributed by atoms with van der Waals surface area (Å²) in [7, 11) is 0. The Morgan fingerprint density at radius 1 is 1.03 bits per heavy atom. The molecule has 3 aromatic rings. The minimum absolute atomic E-state index is 0.0286. The number of carbonyl (C=O) groups excluding carboxylic acids is 1. The third kappa shape index (κ3) is 3.49. The third-order valence-electron chi connectivity index (χ3n) is 6.31. The van der Waals surface area contributed by atoms with E-state index in [2.05, 4.69) is 19.9 Å². The van der Waals surface area contributed by atoms with E-state index >= 15 is 0 Å². The van der Waals surface area contributed by atoms with Crippen LogP contribution in [0.4, 0.5) is 14.7 Å². The molecule has 5 rings (SSSR count). The number of anilines is 1. The van der Waals surface area contributed by atoms with Gasteiger partial charge in [-0.15, -0.1) is 0 Å². The highest BCUT2D eigenvalue weighted by atomic mass is 19.1. The number of amides is 1. The van der Waals surface area contributed by atoms with Crippen molar-refractivity contribution in [3.63, 3.8) is 0 Å². The topological polar surface area (TPSA) is 62.2 Å². The zero-order valence-corrected chi connectivity index (χ0v) is 17.9. The van der Waals surface area contributed by atoms with Crippen molar-refractivity contribution in [1.29, 1.82) is 0 Å². The van der Waals surface area contributed by atoms with Crippen LogP contribution in [0, 0.1) is 31.4 Å². The van der Waals surface area contributed by atoms with Gasteiger partial charge in [-0.05, 0) is 44.5 Å². The minimum atomic E-state index is -0.678. The zero-order valence-electron chi connectivity index (χ0n) is 17.9. The van der Waals surface area contributed by atoms with E-state index in [-0.39, 0.29) is 22.9 Å². The van der Waals surface area contributed by atoms with E-state index in [4.69, 9.17) is 0 Å². The number of rotatable bonds is 3. The van der Waals surface area contributed by atoms with Gasteiger partial charge in [0.25, 0.3) is 5.91 Å². The van der Waals surface area contributed by atoms with E-state index in [1.165, 1.54) is 36.5 Å². The number of likely N-dealkylation sites (tertiary alicyclic amines) is 1. The van der Waals surface area contributed by atoms with Crippen LogP contribution < -0.4 is 4.90 Å². The lowest BCUT2D eigenvalue weighted by Gasteiger charge is -2.53. The number of benzene rings is 1. The number of aryl methyl sites for hydroxylation is 2. The first kappa shape index (κ1) is 20.5. The summed E-state index contributed by atoms with van der Waals surface area (Å²) in [5.41, 5.74) is 1.79. The van der Waals surface area contributed by atoms with Crippen LogP contribution in [0.3, 0.4) is 0 Å². The van der Waals surface area contributed by atoms with E-state index in [1.54, 1.807) is 4.90 Å². The summed E-state index contributed by atoms with van der Waals surface area (Å²) in [6.45, 7) is 5.68. The Morgan fingerprint density at radius 3 is 2.53 bits per heavy atom. The van der Waals surface area contributed by atoms with Gasteiger partial charge in [-0.25, -0.2) is 18.7 Å². The van der Waals surface area contributed by atoms with Gasteiger partial charge >= 0.3 is 0 Å². The first-order chi connectivity index (χ1) is 15.4. The summed E-state index contributed by atoms with van der Waals surface area (Å²) < 4.78 is 29.3. The van der Waals surface area contributed by atoms with E-state index in [9.17, 15) is 13.6 Å². The van der Waals surface area contributed by atoms with Gasteiger partial charge in [0.05, 0.1) is 11.6 Å². The Morgan fingerprint density at radius 2 is 1.78 bits per heavy atom. The van der Waals surface area contributed by atoms with Crippen molar-refractivity contribution in [3.8, 4) is 11.3 Å². The molecule has 164 valence electrons. The lowest BCUT2D eigenvalue weighted by atomic mass is 9.82. The maximum Gasteiger partial charge on any atom is 0.257 e. The van der Waals surface area contributed by atoms with Crippen LogP contribution in [0.2, 0.25) is 0 Å². The van der Waals surface area contributed by atoms with Gasteiger partial charge in [-0.3, -0.25) is 9.78 Å². The van der Waals surface area contributed by atoms with Gasteiger partial charge in [0, 0.05) is 48.7 Å². The van der Waals surface area contributed by atoms with E-state index < -0.39 is 17.5 Å². The third-order valence-corrected chi connectivity index (χ3v) is 6.31. The smallest absolute Gasteiger partial charge is 0.257 e. The van der Waals surface area contributed by atoms with Crippen molar-refractivity contribution < 1.29 is 13.6 Å². The summed E-state index contributed by atoms with van der Waals surface area (Å²) >= 11 is 0. The second kappa shape index (κ2) is 7.93. The molecule has 2 aliphatic rings.